The summed E-state index contributed by atoms with van der Waals surface area (Å²) in [5.41, 5.74) is 0.208. The van der Waals surface area contributed by atoms with E-state index in [0.29, 0.717) is 17.5 Å². The lowest BCUT2D eigenvalue weighted by molar-refractivity contribution is -0.00177. The second-order valence-corrected chi connectivity index (χ2v) is 7.45. The molecule has 2 aromatic rings. The maximum Gasteiger partial charge on any atom is 0.255 e. The normalized spacial score (nSPS) is 12.6. The summed E-state index contributed by atoms with van der Waals surface area (Å²) in [6.07, 6.45) is 3.17. The minimum Gasteiger partial charge on any atom is -0.387 e. The Bertz CT molecular complexity index is 805. The Morgan fingerprint density at radius 2 is 1.86 bits per heavy atom. The summed E-state index contributed by atoms with van der Waals surface area (Å²) in [5, 5.41) is 18.3. The number of nitrogens with zero attached hydrogens (tertiary/aromatic N) is 3. The summed E-state index contributed by atoms with van der Waals surface area (Å²) in [7, 11) is 0. The van der Waals surface area contributed by atoms with Gasteiger partial charge in [-0.2, -0.15) is 0 Å². The summed E-state index contributed by atoms with van der Waals surface area (Å²) < 4.78 is 13.9. The standard InChI is InChI=1S/C19H27FN6O2/c1-11(2)25-14-6-16(26-18-23-7-12(3)8-24-18)21-9-13(14)17(27)22-10-15(20)19(4,5)28/h6-9,11,15,28H,10H2,1-5H3,(H,22,27)(H2,21,23,24,25,26). The molecule has 0 aliphatic carbocycles. The average Bonchev–Trinajstić information content (AvgIpc) is 2.60. The summed E-state index contributed by atoms with van der Waals surface area (Å²) in [4.78, 5) is 25.1. The van der Waals surface area contributed by atoms with E-state index < -0.39 is 17.7 Å². The van der Waals surface area contributed by atoms with Crippen molar-refractivity contribution >= 4 is 23.4 Å². The molecule has 2 aromatic heterocycles. The van der Waals surface area contributed by atoms with E-state index in [4.69, 9.17) is 0 Å². The van der Waals surface area contributed by atoms with E-state index in [9.17, 15) is 14.3 Å². The Labute approximate surface area is 164 Å². The monoisotopic (exact) mass is 390 g/mol. The Hall–Kier alpha value is -2.81. The maximum atomic E-state index is 13.9. The minimum atomic E-state index is -1.59. The molecule has 152 valence electrons. The third-order valence-corrected chi connectivity index (χ3v) is 3.82. The number of anilines is 3. The molecule has 0 saturated heterocycles. The number of nitrogens with one attached hydrogen (secondary N) is 3. The van der Waals surface area contributed by atoms with Gasteiger partial charge in [-0.05, 0) is 40.2 Å². The van der Waals surface area contributed by atoms with Crippen LogP contribution < -0.4 is 16.0 Å². The van der Waals surface area contributed by atoms with Crippen molar-refractivity contribution in [2.24, 2.45) is 0 Å². The molecule has 4 N–H and O–H groups in total. The first kappa shape index (κ1) is 21.5. The molecule has 2 rings (SSSR count). The molecule has 0 radical (unpaired) electrons. The van der Waals surface area contributed by atoms with Gasteiger partial charge in [-0.3, -0.25) is 4.79 Å². The zero-order chi connectivity index (χ0) is 20.9. The van der Waals surface area contributed by atoms with E-state index in [0.717, 1.165) is 5.56 Å². The van der Waals surface area contributed by atoms with Crippen molar-refractivity contribution in [2.75, 3.05) is 17.2 Å². The number of carbonyl (C=O) groups excluding carboxylic acids is 1. The lowest BCUT2D eigenvalue weighted by atomic mass is 10.0. The van der Waals surface area contributed by atoms with Gasteiger partial charge in [0, 0.05) is 30.7 Å². The van der Waals surface area contributed by atoms with Crippen LogP contribution in [0.25, 0.3) is 0 Å². The van der Waals surface area contributed by atoms with Crippen molar-refractivity contribution in [3.63, 3.8) is 0 Å². The van der Waals surface area contributed by atoms with Crippen LogP contribution in [-0.4, -0.2) is 50.3 Å². The molecule has 0 saturated carbocycles. The van der Waals surface area contributed by atoms with Crippen molar-refractivity contribution in [1.29, 1.82) is 0 Å². The van der Waals surface area contributed by atoms with Gasteiger partial charge in [0.2, 0.25) is 5.95 Å². The first-order chi connectivity index (χ1) is 13.1. The Morgan fingerprint density at radius 1 is 1.21 bits per heavy atom. The number of carbonyl (C=O) groups is 1. The fraction of sp³-hybridized carbons (Fsp3) is 0.474. The lowest BCUT2D eigenvalue weighted by Gasteiger charge is -2.23. The van der Waals surface area contributed by atoms with Gasteiger partial charge >= 0.3 is 0 Å². The van der Waals surface area contributed by atoms with Crippen molar-refractivity contribution in [3.05, 3.63) is 35.8 Å². The fourth-order valence-corrected chi connectivity index (χ4v) is 2.23. The summed E-state index contributed by atoms with van der Waals surface area (Å²) in [6, 6.07) is 1.73. The van der Waals surface area contributed by atoms with Crippen LogP contribution in [-0.2, 0) is 0 Å². The van der Waals surface area contributed by atoms with E-state index in [1.54, 1.807) is 18.5 Å². The molecule has 0 spiro atoms. The highest BCUT2D eigenvalue weighted by atomic mass is 19.1. The smallest absolute Gasteiger partial charge is 0.255 e. The molecule has 2 heterocycles. The van der Waals surface area contributed by atoms with Gasteiger partial charge in [0.1, 0.15) is 12.0 Å². The van der Waals surface area contributed by atoms with Crippen LogP contribution in [0.15, 0.2) is 24.7 Å². The number of amides is 1. The zero-order valence-corrected chi connectivity index (χ0v) is 16.7. The summed E-state index contributed by atoms with van der Waals surface area (Å²) in [5.74, 6) is 0.361. The predicted molar refractivity (Wildman–Crippen MR) is 107 cm³/mol. The SMILES string of the molecule is Cc1cnc(Nc2cc(NC(C)C)c(C(=O)NCC(F)C(C)(C)O)cn2)nc1. The number of aromatic nitrogens is 3. The summed E-state index contributed by atoms with van der Waals surface area (Å²) >= 11 is 0. The topological polar surface area (TPSA) is 112 Å². The van der Waals surface area contributed by atoms with Gasteiger partial charge in [0.25, 0.3) is 5.91 Å². The fourth-order valence-electron chi connectivity index (χ4n) is 2.23. The van der Waals surface area contributed by atoms with Crippen molar-refractivity contribution in [2.45, 2.75) is 52.4 Å². The number of halogens is 1. The molecule has 0 aliphatic rings. The van der Waals surface area contributed by atoms with Crippen LogP contribution in [0.1, 0.15) is 43.6 Å². The number of aryl methyl sites for hydroxylation is 1. The van der Waals surface area contributed by atoms with Crippen LogP contribution in [0.5, 0.6) is 0 Å². The number of alkyl halides is 1. The number of aliphatic hydroxyl groups is 1. The number of hydrogen-bond donors (Lipinski definition) is 4. The minimum absolute atomic E-state index is 0.0581. The van der Waals surface area contributed by atoms with E-state index in [1.165, 1.54) is 20.0 Å². The van der Waals surface area contributed by atoms with Crippen LogP contribution in [0.3, 0.4) is 0 Å². The molecule has 0 aliphatic heterocycles. The van der Waals surface area contributed by atoms with Crippen LogP contribution >= 0.6 is 0 Å². The first-order valence-corrected chi connectivity index (χ1v) is 9.03. The first-order valence-electron chi connectivity index (χ1n) is 9.03. The van der Waals surface area contributed by atoms with E-state index in [1.807, 2.05) is 20.8 Å². The molecule has 1 unspecified atom stereocenters. The molecule has 9 heteroatoms. The zero-order valence-electron chi connectivity index (χ0n) is 16.7. The largest absolute Gasteiger partial charge is 0.387 e. The molecule has 0 aromatic carbocycles. The van der Waals surface area contributed by atoms with Crippen LogP contribution in [0, 0.1) is 6.92 Å². The molecule has 28 heavy (non-hydrogen) atoms. The van der Waals surface area contributed by atoms with Crippen molar-refractivity contribution < 1.29 is 14.3 Å². The predicted octanol–water partition coefficient (Wildman–Crippen LogP) is 2.58. The van der Waals surface area contributed by atoms with Gasteiger partial charge in [-0.25, -0.2) is 19.3 Å². The van der Waals surface area contributed by atoms with Gasteiger partial charge in [-0.15, -0.1) is 0 Å². The molecule has 0 fully saturated rings. The van der Waals surface area contributed by atoms with E-state index >= 15 is 0 Å². The third kappa shape index (κ3) is 6.12. The van der Waals surface area contributed by atoms with Gasteiger partial charge in [0.05, 0.1) is 23.4 Å². The Morgan fingerprint density at radius 3 is 2.43 bits per heavy atom. The highest BCUT2D eigenvalue weighted by molar-refractivity contribution is 5.99. The Balaban J connectivity index is 2.18. The molecule has 1 amide bonds. The molecule has 0 bridgehead atoms. The van der Waals surface area contributed by atoms with Crippen LogP contribution in [0.4, 0.5) is 21.8 Å². The number of pyridine rings is 1. The maximum absolute atomic E-state index is 13.9. The highest BCUT2D eigenvalue weighted by Crippen LogP contribution is 2.21. The molecular formula is C19H27FN6O2. The molecule has 8 nitrogen and oxygen atoms in total. The quantitative estimate of drug-likeness (QED) is 0.548. The van der Waals surface area contributed by atoms with Gasteiger partial charge < -0.3 is 21.1 Å². The van der Waals surface area contributed by atoms with Gasteiger partial charge in [-0.1, -0.05) is 0 Å². The second-order valence-electron chi connectivity index (χ2n) is 7.45. The molecular weight excluding hydrogens is 363 g/mol. The van der Waals surface area contributed by atoms with Crippen molar-refractivity contribution in [1.82, 2.24) is 20.3 Å². The molecule has 1 atom stereocenters. The highest BCUT2D eigenvalue weighted by Gasteiger charge is 2.27. The average molecular weight is 390 g/mol. The second kappa shape index (κ2) is 8.92. The number of hydrogen-bond acceptors (Lipinski definition) is 7. The Kier molecular flexibility index (Phi) is 6.85. The van der Waals surface area contributed by atoms with E-state index in [2.05, 4.69) is 30.9 Å². The van der Waals surface area contributed by atoms with E-state index in [-0.39, 0.29) is 18.2 Å². The summed E-state index contributed by atoms with van der Waals surface area (Å²) in [6.45, 7) is 8.16. The lowest BCUT2D eigenvalue weighted by Crippen LogP contribution is -2.42. The van der Waals surface area contributed by atoms with Crippen LogP contribution in [0.2, 0.25) is 0 Å². The van der Waals surface area contributed by atoms with Gasteiger partial charge in [0.15, 0.2) is 0 Å². The third-order valence-electron chi connectivity index (χ3n) is 3.82. The number of rotatable bonds is 8. The van der Waals surface area contributed by atoms with Crippen molar-refractivity contribution in [3.8, 4) is 0 Å².